The van der Waals surface area contributed by atoms with Gasteiger partial charge in [0.15, 0.2) is 6.61 Å². The number of benzene rings is 2. The standard InChI is InChI=1S/C19H21NO4/c1-3-14-7-9-15(10-8-14)13(2)20-18(22)12-24-19(23)16-5-4-6-17(21)11-16/h4-11,13,21H,3,12H2,1-2H3,(H,20,22). The maximum absolute atomic E-state index is 11.9. The highest BCUT2D eigenvalue weighted by Crippen LogP contribution is 2.14. The molecule has 0 heterocycles. The van der Waals surface area contributed by atoms with E-state index in [0.717, 1.165) is 12.0 Å². The molecular formula is C19H21NO4. The summed E-state index contributed by atoms with van der Waals surface area (Å²) in [5, 5.41) is 12.1. The van der Waals surface area contributed by atoms with Crippen molar-refractivity contribution < 1.29 is 19.4 Å². The van der Waals surface area contributed by atoms with Crippen molar-refractivity contribution in [2.75, 3.05) is 6.61 Å². The Balaban J connectivity index is 1.85. The normalized spacial score (nSPS) is 11.6. The van der Waals surface area contributed by atoms with Crippen LogP contribution in [0.3, 0.4) is 0 Å². The number of amides is 1. The summed E-state index contributed by atoms with van der Waals surface area (Å²) >= 11 is 0. The number of carbonyl (C=O) groups is 2. The number of nitrogens with one attached hydrogen (secondary N) is 1. The first kappa shape index (κ1) is 17.5. The van der Waals surface area contributed by atoms with E-state index >= 15 is 0 Å². The number of carbonyl (C=O) groups excluding carboxylic acids is 2. The summed E-state index contributed by atoms with van der Waals surface area (Å²) in [5.41, 5.74) is 2.42. The fourth-order valence-electron chi connectivity index (χ4n) is 2.26. The maximum Gasteiger partial charge on any atom is 0.338 e. The van der Waals surface area contributed by atoms with Gasteiger partial charge in [-0.15, -0.1) is 0 Å². The number of hydrogen-bond acceptors (Lipinski definition) is 4. The van der Waals surface area contributed by atoms with Crippen molar-refractivity contribution in [3.8, 4) is 5.75 Å². The van der Waals surface area contributed by atoms with Crippen molar-refractivity contribution in [2.24, 2.45) is 0 Å². The minimum atomic E-state index is -0.652. The molecule has 5 heteroatoms. The number of aromatic hydroxyl groups is 1. The van der Waals surface area contributed by atoms with Gasteiger partial charge in [-0.25, -0.2) is 4.79 Å². The van der Waals surface area contributed by atoms with Gasteiger partial charge in [0.25, 0.3) is 5.91 Å². The van der Waals surface area contributed by atoms with Crippen LogP contribution in [-0.4, -0.2) is 23.6 Å². The molecule has 24 heavy (non-hydrogen) atoms. The Hall–Kier alpha value is -2.82. The fraction of sp³-hybridized carbons (Fsp3) is 0.263. The average molecular weight is 327 g/mol. The molecule has 5 nitrogen and oxygen atoms in total. The van der Waals surface area contributed by atoms with Gasteiger partial charge < -0.3 is 15.2 Å². The Kier molecular flexibility index (Phi) is 5.95. The van der Waals surface area contributed by atoms with Gasteiger partial charge >= 0.3 is 5.97 Å². The third-order valence-corrected chi connectivity index (χ3v) is 3.68. The second-order valence-corrected chi connectivity index (χ2v) is 5.51. The maximum atomic E-state index is 11.9. The van der Waals surface area contributed by atoms with Gasteiger partial charge in [0, 0.05) is 0 Å². The number of phenols is 1. The summed E-state index contributed by atoms with van der Waals surface area (Å²) in [7, 11) is 0. The van der Waals surface area contributed by atoms with Crippen molar-refractivity contribution >= 4 is 11.9 Å². The van der Waals surface area contributed by atoms with Gasteiger partial charge in [-0.1, -0.05) is 37.3 Å². The smallest absolute Gasteiger partial charge is 0.338 e. The predicted molar refractivity (Wildman–Crippen MR) is 90.8 cm³/mol. The number of aryl methyl sites for hydroxylation is 1. The van der Waals surface area contributed by atoms with Crippen LogP contribution < -0.4 is 5.32 Å². The zero-order valence-electron chi connectivity index (χ0n) is 13.8. The van der Waals surface area contributed by atoms with Gasteiger partial charge in [-0.05, 0) is 42.7 Å². The highest BCUT2D eigenvalue weighted by Gasteiger charge is 2.13. The number of phenolic OH excluding ortho intramolecular Hbond substituents is 1. The van der Waals surface area contributed by atoms with E-state index in [9.17, 15) is 14.7 Å². The minimum absolute atomic E-state index is 0.0296. The summed E-state index contributed by atoms with van der Waals surface area (Å²) in [6.45, 7) is 3.59. The topological polar surface area (TPSA) is 75.6 Å². The summed E-state index contributed by atoms with van der Waals surface area (Å²) in [5.74, 6) is -1.06. The largest absolute Gasteiger partial charge is 0.508 e. The molecule has 0 bridgehead atoms. The number of ether oxygens (including phenoxy) is 1. The number of rotatable bonds is 6. The quantitative estimate of drug-likeness (QED) is 0.800. The Morgan fingerprint density at radius 1 is 1.17 bits per heavy atom. The van der Waals surface area contributed by atoms with E-state index in [4.69, 9.17) is 4.74 Å². The zero-order valence-corrected chi connectivity index (χ0v) is 13.8. The highest BCUT2D eigenvalue weighted by atomic mass is 16.5. The lowest BCUT2D eigenvalue weighted by Crippen LogP contribution is -2.31. The molecule has 0 aliphatic heterocycles. The lowest BCUT2D eigenvalue weighted by molar-refractivity contribution is -0.124. The van der Waals surface area contributed by atoms with Gasteiger partial charge in [-0.3, -0.25) is 4.79 Å². The van der Waals surface area contributed by atoms with Crippen LogP contribution in [-0.2, 0) is 16.0 Å². The first-order valence-corrected chi connectivity index (χ1v) is 7.84. The molecule has 1 unspecified atom stereocenters. The molecule has 1 amide bonds. The van der Waals surface area contributed by atoms with E-state index in [1.165, 1.54) is 29.8 Å². The second-order valence-electron chi connectivity index (χ2n) is 5.51. The highest BCUT2D eigenvalue weighted by molar-refractivity contribution is 5.91. The van der Waals surface area contributed by atoms with Crippen LogP contribution in [0.2, 0.25) is 0 Å². The molecular weight excluding hydrogens is 306 g/mol. The van der Waals surface area contributed by atoms with E-state index in [1.807, 2.05) is 31.2 Å². The van der Waals surface area contributed by atoms with E-state index in [2.05, 4.69) is 12.2 Å². The molecule has 126 valence electrons. The fourth-order valence-corrected chi connectivity index (χ4v) is 2.26. The van der Waals surface area contributed by atoms with Crippen molar-refractivity contribution in [2.45, 2.75) is 26.3 Å². The van der Waals surface area contributed by atoms with Crippen molar-refractivity contribution in [1.82, 2.24) is 5.32 Å². The number of esters is 1. The number of hydrogen-bond donors (Lipinski definition) is 2. The van der Waals surface area contributed by atoms with Gasteiger partial charge in [-0.2, -0.15) is 0 Å². The van der Waals surface area contributed by atoms with Crippen molar-refractivity contribution in [3.05, 3.63) is 65.2 Å². The first-order chi connectivity index (χ1) is 11.5. The summed E-state index contributed by atoms with van der Waals surface area (Å²) in [6, 6.07) is 13.6. The van der Waals surface area contributed by atoms with Crippen LogP contribution >= 0.6 is 0 Å². The molecule has 2 N–H and O–H groups in total. The molecule has 1 atom stereocenters. The monoisotopic (exact) mass is 327 g/mol. The molecule has 2 aromatic carbocycles. The lowest BCUT2D eigenvalue weighted by Gasteiger charge is -2.15. The predicted octanol–water partition coefficient (Wildman–Crippen LogP) is 2.99. The van der Waals surface area contributed by atoms with Gasteiger partial charge in [0.2, 0.25) is 0 Å². The molecule has 0 radical (unpaired) electrons. The summed E-state index contributed by atoms with van der Waals surface area (Å²) in [6.07, 6.45) is 0.964. The van der Waals surface area contributed by atoms with Crippen LogP contribution in [0.4, 0.5) is 0 Å². The Morgan fingerprint density at radius 2 is 1.88 bits per heavy atom. The van der Waals surface area contributed by atoms with Crippen LogP contribution in [0.25, 0.3) is 0 Å². The molecule has 0 saturated carbocycles. The Bertz CT molecular complexity index is 710. The SMILES string of the molecule is CCc1ccc(C(C)NC(=O)COC(=O)c2cccc(O)c2)cc1. The van der Waals surface area contributed by atoms with Gasteiger partial charge in [0.1, 0.15) is 5.75 Å². The Labute approximate surface area is 141 Å². The molecule has 0 aromatic heterocycles. The van der Waals surface area contributed by atoms with E-state index < -0.39 is 5.97 Å². The van der Waals surface area contributed by atoms with Crippen LogP contribution in [0, 0.1) is 0 Å². The van der Waals surface area contributed by atoms with Crippen molar-refractivity contribution in [1.29, 1.82) is 0 Å². The van der Waals surface area contributed by atoms with E-state index in [1.54, 1.807) is 0 Å². The second kappa shape index (κ2) is 8.15. The van der Waals surface area contributed by atoms with Crippen LogP contribution in [0.5, 0.6) is 5.75 Å². The molecule has 0 spiro atoms. The molecule has 2 rings (SSSR count). The molecule has 0 saturated heterocycles. The summed E-state index contributed by atoms with van der Waals surface area (Å²) in [4.78, 5) is 23.7. The third kappa shape index (κ3) is 4.84. The first-order valence-electron chi connectivity index (χ1n) is 7.84. The average Bonchev–Trinajstić information content (AvgIpc) is 2.59. The van der Waals surface area contributed by atoms with Crippen LogP contribution in [0.1, 0.15) is 41.4 Å². The minimum Gasteiger partial charge on any atom is -0.508 e. The van der Waals surface area contributed by atoms with Gasteiger partial charge in [0.05, 0.1) is 11.6 Å². The van der Waals surface area contributed by atoms with E-state index in [-0.39, 0.29) is 29.9 Å². The lowest BCUT2D eigenvalue weighted by atomic mass is 10.1. The molecule has 0 aliphatic rings. The van der Waals surface area contributed by atoms with Crippen LogP contribution in [0.15, 0.2) is 48.5 Å². The van der Waals surface area contributed by atoms with Crippen molar-refractivity contribution in [3.63, 3.8) is 0 Å². The third-order valence-electron chi connectivity index (χ3n) is 3.68. The molecule has 0 aliphatic carbocycles. The molecule has 2 aromatic rings. The Morgan fingerprint density at radius 3 is 2.50 bits per heavy atom. The van der Waals surface area contributed by atoms with E-state index in [0.29, 0.717) is 0 Å². The zero-order chi connectivity index (χ0) is 17.5. The summed E-state index contributed by atoms with van der Waals surface area (Å²) < 4.78 is 4.96. The molecule has 0 fully saturated rings.